The van der Waals surface area contributed by atoms with Crippen LogP contribution in [0, 0.1) is 0 Å². The van der Waals surface area contributed by atoms with Crippen molar-refractivity contribution in [1.82, 2.24) is 0 Å². The van der Waals surface area contributed by atoms with Crippen LogP contribution in [0.2, 0.25) is 0 Å². The number of esters is 3. The van der Waals surface area contributed by atoms with Gasteiger partial charge in [0.25, 0.3) is 0 Å². The molecule has 0 spiro atoms. The van der Waals surface area contributed by atoms with E-state index in [9.17, 15) is 14.4 Å². The molecule has 282 valence electrons. The van der Waals surface area contributed by atoms with Gasteiger partial charge in [-0.05, 0) is 19.3 Å². The molecule has 0 fully saturated rings. The first-order chi connectivity index (χ1) is 23.0. The van der Waals surface area contributed by atoms with E-state index >= 15 is 0 Å². The molecule has 0 aromatic rings. The predicted octanol–water partition coefficient (Wildman–Crippen LogP) is 6.46. The zero-order valence-electron chi connectivity index (χ0n) is 35.4. The molecule has 6 nitrogen and oxygen atoms in total. The summed E-state index contributed by atoms with van der Waals surface area (Å²) in [5.74, 6) is -1.62. The Hall–Kier alpha value is 0.570. The Morgan fingerprint density at radius 1 is 0.449 bits per heavy atom. The number of nitrogens with two attached hydrogens (primary N) is 1. The Morgan fingerprint density at radius 3 is 1.10 bits per heavy atom. The van der Waals surface area contributed by atoms with Crippen LogP contribution in [-0.2, 0) is 23.9 Å². The van der Waals surface area contributed by atoms with Gasteiger partial charge in [-0.1, -0.05) is 200 Å². The van der Waals surface area contributed by atoms with E-state index in [1.165, 1.54) is 167 Å². The third-order valence-corrected chi connectivity index (χ3v) is 9.42. The SMILES string of the molecule is CCCCCCCCCCCCCCCCCCOC(=O)CC[C@H](N)C(=O)OC(=O)CCCCCCCCCCCCCCCCC.[H-].[H-].[Na+].[Na+]. The molecule has 0 saturated heterocycles. The molecular weight excluding hydrogens is 632 g/mol. The van der Waals surface area contributed by atoms with Crippen molar-refractivity contribution in [2.45, 2.75) is 238 Å². The van der Waals surface area contributed by atoms with Gasteiger partial charge in [0, 0.05) is 12.8 Å². The molecule has 0 bridgehead atoms. The number of hydrogen-bond donors (Lipinski definition) is 1. The van der Waals surface area contributed by atoms with Crippen LogP contribution in [0.15, 0.2) is 0 Å². The number of unbranched alkanes of at least 4 members (excludes halogenated alkanes) is 29. The van der Waals surface area contributed by atoms with Crippen LogP contribution < -0.4 is 64.8 Å². The maximum Gasteiger partial charge on any atom is 1.00 e. The number of hydrogen-bond acceptors (Lipinski definition) is 6. The van der Waals surface area contributed by atoms with E-state index in [4.69, 9.17) is 15.2 Å². The van der Waals surface area contributed by atoms with Gasteiger partial charge in [0.2, 0.25) is 0 Å². The number of carbonyl (C=O) groups excluding carboxylic acids is 3. The van der Waals surface area contributed by atoms with E-state index in [2.05, 4.69) is 13.8 Å². The third kappa shape index (κ3) is 42.9. The molecular formula is C41H81NNa2O5. The van der Waals surface area contributed by atoms with Gasteiger partial charge in [0.05, 0.1) is 6.61 Å². The van der Waals surface area contributed by atoms with Crippen LogP contribution in [0.25, 0.3) is 0 Å². The Labute approximate surface area is 351 Å². The zero-order chi connectivity index (χ0) is 34.5. The summed E-state index contributed by atoms with van der Waals surface area (Å²) in [4.78, 5) is 36.2. The van der Waals surface area contributed by atoms with Crippen molar-refractivity contribution in [2.24, 2.45) is 5.73 Å². The van der Waals surface area contributed by atoms with Crippen molar-refractivity contribution in [2.75, 3.05) is 6.61 Å². The fourth-order valence-electron chi connectivity index (χ4n) is 6.18. The van der Waals surface area contributed by atoms with Gasteiger partial charge in [-0.3, -0.25) is 9.59 Å². The number of rotatable bonds is 37. The van der Waals surface area contributed by atoms with Crippen molar-refractivity contribution in [3.05, 3.63) is 0 Å². The average Bonchev–Trinajstić information content (AvgIpc) is 3.06. The Balaban J connectivity index is -0.00000176. The molecule has 0 amide bonds. The molecule has 49 heavy (non-hydrogen) atoms. The van der Waals surface area contributed by atoms with Gasteiger partial charge in [-0.15, -0.1) is 0 Å². The summed E-state index contributed by atoms with van der Waals surface area (Å²) in [6.45, 7) is 4.95. The van der Waals surface area contributed by atoms with E-state index < -0.39 is 18.0 Å². The van der Waals surface area contributed by atoms with Crippen LogP contribution in [0.3, 0.4) is 0 Å². The minimum absolute atomic E-state index is 0. The minimum atomic E-state index is -0.983. The van der Waals surface area contributed by atoms with Gasteiger partial charge in [-0.2, -0.15) is 0 Å². The molecule has 0 aromatic heterocycles. The third-order valence-electron chi connectivity index (χ3n) is 9.42. The van der Waals surface area contributed by atoms with Crippen LogP contribution in [0.5, 0.6) is 0 Å². The van der Waals surface area contributed by atoms with Gasteiger partial charge < -0.3 is 18.1 Å². The van der Waals surface area contributed by atoms with Crippen LogP contribution in [0.4, 0.5) is 0 Å². The first-order valence-electron chi connectivity index (χ1n) is 20.7. The van der Waals surface area contributed by atoms with E-state index in [1.54, 1.807) is 0 Å². The summed E-state index contributed by atoms with van der Waals surface area (Å²) in [6, 6.07) is -0.983. The zero-order valence-corrected chi connectivity index (χ0v) is 37.4. The van der Waals surface area contributed by atoms with Crippen LogP contribution in [0.1, 0.15) is 235 Å². The Bertz CT molecular complexity index is 722. The second-order valence-corrected chi connectivity index (χ2v) is 14.2. The normalized spacial score (nSPS) is 11.4. The summed E-state index contributed by atoms with van der Waals surface area (Å²) in [5.41, 5.74) is 5.86. The standard InChI is InChI=1S/C41H79NO5.2Na.2H/c1-3-5-7-9-11-13-15-17-19-21-23-25-27-29-31-33-37-46-39(43)36-35-38(42)41(45)47-40(44)34-32-30-28-26-24-22-20-18-16-14-12-10-8-6-4-2;;;;/h38H,3-37,42H2,1-2H3;;;;/q;2*+1;2*-1/t38-;;;;/m0..../s1. The average molecular weight is 714 g/mol. The van der Waals surface area contributed by atoms with Crippen LogP contribution >= 0.6 is 0 Å². The molecule has 0 saturated carbocycles. The minimum Gasteiger partial charge on any atom is -1.00 e. The van der Waals surface area contributed by atoms with Crippen molar-refractivity contribution < 1.29 is 85.8 Å². The molecule has 0 heterocycles. The Kier molecular flexibility index (Phi) is 49.2. The monoisotopic (exact) mass is 714 g/mol. The summed E-state index contributed by atoms with van der Waals surface area (Å²) in [6.07, 6.45) is 40.2. The number of ether oxygens (including phenoxy) is 2. The quantitative estimate of drug-likeness (QED) is 0.0344. The largest absolute Gasteiger partial charge is 1.00 e. The molecule has 0 aliphatic heterocycles. The van der Waals surface area contributed by atoms with E-state index in [-0.39, 0.29) is 87.2 Å². The topological polar surface area (TPSA) is 95.7 Å². The van der Waals surface area contributed by atoms with Crippen molar-refractivity contribution in [1.29, 1.82) is 0 Å². The van der Waals surface area contributed by atoms with E-state index in [0.717, 1.165) is 32.1 Å². The maximum atomic E-state index is 12.1. The molecule has 0 aromatic carbocycles. The van der Waals surface area contributed by atoms with Crippen molar-refractivity contribution in [3.8, 4) is 0 Å². The van der Waals surface area contributed by atoms with Crippen molar-refractivity contribution in [3.63, 3.8) is 0 Å². The molecule has 0 radical (unpaired) electrons. The fourth-order valence-corrected chi connectivity index (χ4v) is 6.18. The first kappa shape index (κ1) is 53.9. The molecule has 1 atom stereocenters. The molecule has 8 heteroatoms. The van der Waals surface area contributed by atoms with Gasteiger partial charge in [0.15, 0.2) is 0 Å². The summed E-state index contributed by atoms with van der Waals surface area (Å²) in [7, 11) is 0. The van der Waals surface area contributed by atoms with E-state index in [1.807, 2.05) is 0 Å². The summed E-state index contributed by atoms with van der Waals surface area (Å²) < 4.78 is 10.2. The first-order valence-corrected chi connectivity index (χ1v) is 20.7. The summed E-state index contributed by atoms with van der Waals surface area (Å²) >= 11 is 0. The number of carbonyl (C=O) groups is 3. The van der Waals surface area contributed by atoms with Crippen LogP contribution in [-0.4, -0.2) is 30.6 Å². The molecule has 0 aliphatic rings. The van der Waals surface area contributed by atoms with Crippen molar-refractivity contribution >= 4 is 17.9 Å². The van der Waals surface area contributed by atoms with Gasteiger partial charge in [0.1, 0.15) is 6.04 Å². The summed E-state index contributed by atoms with van der Waals surface area (Å²) in [5, 5.41) is 0. The molecule has 0 unspecified atom stereocenters. The molecule has 2 N–H and O–H groups in total. The van der Waals surface area contributed by atoms with Gasteiger partial charge >= 0.3 is 77.0 Å². The smallest absolute Gasteiger partial charge is 1.00 e. The van der Waals surface area contributed by atoms with E-state index in [0.29, 0.717) is 6.61 Å². The Morgan fingerprint density at radius 2 is 0.755 bits per heavy atom. The second kappa shape index (κ2) is 44.7. The fraction of sp³-hybridized carbons (Fsp3) is 0.927. The van der Waals surface area contributed by atoms with Gasteiger partial charge in [-0.25, -0.2) is 4.79 Å². The molecule has 0 rings (SSSR count). The predicted molar refractivity (Wildman–Crippen MR) is 201 cm³/mol. The molecule has 0 aliphatic carbocycles. The maximum absolute atomic E-state index is 12.1. The second-order valence-electron chi connectivity index (χ2n) is 14.2.